The molecule has 0 aliphatic carbocycles. The monoisotopic (exact) mass is 212 g/mol. The largest absolute Gasteiger partial charge is 0.394 e. The lowest BCUT2D eigenvalue weighted by Gasteiger charge is -2.45. The van der Waals surface area contributed by atoms with E-state index in [1.165, 1.54) is 38.8 Å². The number of hydrogen-bond donors (Lipinski definition) is 2. The van der Waals surface area contributed by atoms with Gasteiger partial charge in [-0.25, -0.2) is 0 Å². The third-order valence-electron chi connectivity index (χ3n) is 4.11. The van der Waals surface area contributed by atoms with Gasteiger partial charge >= 0.3 is 0 Å². The van der Waals surface area contributed by atoms with Crippen molar-refractivity contribution in [3.63, 3.8) is 0 Å². The number of nitrogens with zero attached hydrogens (tertiary/aromatic N) is 1. The lowest BCUT2D eigenvalue weighted by molar-refractivity contribution is 0.00776. The molecule has 2 aliphatic rings. The molecule has 2 fully saturated rings. The quantitative estimate of drug-likeness (QED) is 0.716. The predicted molar refractivity (Wildman–Crippen MR) is 62.0 cm³/mol. The first-order valence-electron chi connectivity index (χ1n) is 6.44. The molecule has 2 rings (SSSR count). The molecule has 3 nitrogen and oxygen atoms in total. The van der Waals surface area contributed by atoms with Crippen LogP contribution in [0.2, 0.25) is 0 Å². The highest BCUT2D eigenvalue weighted by Gasteiger charge is 2.37. The van der Waals surface area contributed by atoms with Crippen LogP contribution in [0.3, 0.4) is 0 Å². The van der Waals surface area contributed by atoms with Crippen molar-refractivity contribution < 1.29 is 5.11 Å². The molecule has 0 aromatic rings. The summed E-state index contributed by atoms with van der Waals surface area (Å²) in [5, 5.41) is 13.1. The first-order valence-corrected chi connectivity index (χ1v) is 6.44. The van der Waals surface area contributed by atoms with Gasteiger partial charge in [-0.2, -0.15) is 0 Å². The Labute approximate surface area is 92.8 Å². The van der Waals surface area contributed by atoms with Crippen molar-refractivity contribution in [3.8, 4) is 0 Å². The van der Waals surface area contributed by atoms with Crippen molar-refractivity contribution in [1.82, 2.24) is 10.2 Å². The molecule has 0 saturated carbocycles. The summed E-state index contributed by atoms with van der Waals surface area (Å²) in [6.07, 6.45) is 7.60. The summed E-state index contributed by atoms with van der Waals surface area (Å²) in [5.41, 5.74) is 0.107. The Bertz CT molecular complexity index is 182. The summed E-state index contributed by atoms with van der Waals surface area (Å²) in [6.45, 7) is 4.86. The highest BCUT2D eigenvalue weighted by molar-refractivity contribution is 4.94. The zero-order chi connectivity index (χ0) is 10.6. The van der Waals surface area contributed by atoms with E-state index in [-0.39, 0.29) is 5.54 Å². The molecular formula is C12H24N2O. The van der Waals surface area contributed by atoms with E-state index < -0.39 is 0 Å². The summed E-state index contributed by atoms with van der Waals surface area (Å²) in [6, 6.07) is 0. The van der Waals surface area contributed by atoms with E-state index in [4.69, 9.17) is 0 Å². The smallest absolute Gasteiger partial charge is 0.0616 e. The van der Waals surface area contributed by atoms with Gasteiger partial charge in [0.15, 0.2) is 0 Å². The summed E-state index contributed by atoms with van der Waals surface area (Å²) in [5.74, 6) is 0. The highest BCUT2D eigenvalue weighted by atomic mass is 16.3. The van der Waals surface area contributed by atoms with Gasteiger partial charge in [-0.15, -0.1) is 0 Å². The minimum Gasteiger partial charge on any atom is -0.394 e. The zero-order valence-electron chi connectivity index (χ0n) is 9.67. The molecule has 3 heteroatoms. The molecule has 2 saturated heterocycles. The SMILES string of the molecule is OCC1(N2CCCCCC2)CCNCC1. The normalized spacial score (nSPS) is 28.6. The van der Waals surface area contributed by atoms with Crippen LogP contribution in [0.15, 0.2) is 0 Å². The van der Waals surface area contributed by atoms with Crippen molar-refractivity contribution in [1.29, 1.82) is 0 Å². The van der Waals surface area contributed by atoms with Crippen LogP contribution in [-0.2, 0) is 0 Å². The molecule has 0 bridgehead atoms. The van der Waals surface area contributed by atoms with E-state index in [0.717, 1.165) is 25.9 Å². The predicted octanol–water partition coefficient (Wildman–Crippen LogP) is 0.977. The Morgan fingerprint density at radius 2 is 1.60 bits per heavy atom. The Morgan fingerprint density at radius 3 is 2.13 bits per heavy atom. The number of piperidine rings is 1. The number of likely N-dealkylation sites (tertiary alicyclic amines) is 1. The molecule has 0 amide bonds. The van der Waals surface area contributed by atoms with Gasteiger partial charge in [0.05, 0.1) is 6.61 Å². The van der Waals surface area contributed by atoms with E-state index in [1.807, 2.05) is 0 Å². The van der Waals surface area contributed by atoms with Crippen molar-refractivity contribution in [3.05, 3.63) is 0 Å². The van der Waals surface area contributed by atoms with E-state index in [9.17, 15) is 5.11 Å². The number of aliphatic hydroxyl groups is 1. The van der Waals surface area contributed by atoms with Crippen molar-refractivity contribution in [2.24, 2.45) is 0 Å². The maximum absolute atomic E-state index is 9.72. The number of rotatable bonds is 2. The second-order valence-corrected chi connectivity index (χ2v) is 5.03. The topological polar surface area (TPSA) is 35.5 Å². The van der Waals surface area contributed by atoms with Gasteiger partial charge in [-0.05, 0) is 51.9 Å². The summed E-state index contributed by atoms with van der Waals surface area (Å²) in [7, 11) is 0. The molecule has 88 valence electrons. The van der Waals surface area contributed by atoms with Gasteiger partial charge < -0.3 is 10.4 Å². The second kappa shape index (κ2) is 5.28. The summed E-state index contributed by atoms with van der Waals surface area (Å²) < 4.78 is 0. The fourth-order valence-corrected chi connectivity index (χ4v) is 3.01. The van der Waals surface area contributed by atoms with Gasteiger partial charge in [0.1, 0.15) is 0 Å². The molecule has 0 atom stereocenters. The fourth-order valence-electron chi connectivity index (χ4n) is 3.01. The number of aliphatic hydroxyl groups excluding tert-OH is 1. The molecule has 15 heavy (non-hydrogen) atoms. The summed E-state index contributed by atoms with van der Waals surface area (Å²) in [4.78, 5) is 2.57. The molecule has 0 spiro atoms. The van der Waals surface area contributed by atoms with Crippen molar-refractivity contribution in [2.75, 3.05) is 32.8 Å². The average Bonchev–Trinajstić information content (AvgIpc) is 2.59. The van der Waals surface area contributed by atoms with Gasteiger partial charge in [0.25, 0.3) is 0 Å². The fraction of sp³-hybridized carbons (Fsp3) is 1.00. The minimum absolute atomic E-state index is 0.107. The molecule has 2 N–H and O–H groups in total. The first-order chi connectivity index (χ1) is 7.37. The van der Waals surface area contributed by atoms with Crippen LogP contribution in [0.1, 0.15) is 38.5 Å². The third kappa shape index (κ3) is 2.52. The van der Waals surface area contributed by atoms with Crippen molar-refractivity contribution >= 4 is 0 Å². The third-order valence-corrected chi connectivity index (χ3v) is 4.11. The van der Waals surface area contributed by atoms with Crippen LogP contribution in [0.25, 0.3) is 0 Å². The Kier molecular flexibility index (Phi) is 4.00. The van der Waals surface area contributed by atoms with Gasteiger partial charge in [-0.3, -0.25) is 4.90 Å². The van der Waals surface area contributed by atoms with Crippen LogP contribution < -0.4 is 5.32 Å². The standard InChI is InChI=1S/C12H24N2O/c15-11-12(5-7-13-8-6-12)14-9-3-1-2-4-10-14/h13,15H,1-11H2. The highest BCUT2D eigenvalue weighted by Crippen LogP contribution is 2.28. The zero-order valence-corrected chi connectivity index (χ0v) is 9.67. The van der Waals surface area contributed by atoms with Gasteiger partial charge in [0.2, 0.25) is 0 Å². The van der Waals surface area contributed by atoms with Crippen LogP contribution in [0.4, 0.5) is 0 Å². The molecule has 2 aliphatic heterocycles. The minimum atomic E-state index is 0.107. The Morgan fingerprint density at radius 1 is 1.00 bits per heavy atom. The average molecular weight is 212 g/mol. The van der Waals surface area contributed by atoms with E-state index >= 15 is 0 Å². The molecule has 0 radical (unpaired) electrons. The lowest BCUT2D eigenvalue weighted by Crippen LogP contribution is -2.57. The second-order valence-electron chi connectivity index (χ2n) is 5.03. The maximum atomic E-state index is 9.72. The maximum Gasteiger partial charge on any atom is 0.0616 e. The van der Waals surface area contributed by atoms with Crippen LogP contribution in [0, 0.1) is 0 Å². The molecule has 0 aromatic heterocycles. The Hall–Kier alpha value is -0.120. The van der Waals surface area contributed by atoms with E-state index in [0.29, 0.717) is 6.61 Å². The molecule has 0 aromatic carbocycles. The van der Waals surface area contributed by atoms with Gasteiger partial charge in [-0.1, -0.05) is 12.8 Å². The molecular weight excluding hydrogens is 188 g/mol. The summed E-state index contributed by atoms with van der Waals surface area (Å²) >= 11 is 0. The molecule has 2 heterocycles. The van der Waals surface area contributed by atoms with Crippen LogP contribution in [0.5, 0.6) is 0 Å². The van der Waals surface area contributed by atoms with E-state index in [1.54, 1.807) is 0 Å². The van der Waals surface area contributed by atoms with Crippen LogP contribution >= 0.6 is 0 Å². The lowest BCUT2D eigenvalue weighted by atomic mass is 9.87. The molecule has 0 unspecified atom stereocenters. The van der Waals surface area contributed by atoms with E-state index in [2.05, 4.69) is 10.2 Å². The Balaban J connectivity index is 2.01. The van der Waals surface area contributed by atoms with Crippen LogP contribution in [-0.4, -0.2) is 48.3 Å². The number of hydrogen-bond acceptors (Lipinski definition) is 3. The first kappa shape index (κ1) is 11.4. The van der Waals surface area contributed by atoms with Gasteiger partial charge in [0, 0.05) is 5.54 Å². The number of nitrogens with one attached hydrogen (secondary N) is 1. The van der Waals surface area contributed by atoms with Crippen molar-refractivity contribution in [2.45, 2.75) is 44.1 Å².